The summed E-state index contributed by atoms with van der Waals surface area (Å²) in [5, 5.41) is 0. The van der Waals surface area contributed by atoms with Gasteiger partial charge in [0.1, 0.15) is 18.2 Å². The summed E-state index contributed by atoms with van der Waals surface area (Å²) in [6.45, 7) is 2.19. The molecule has 0 radical (unpaired) electrons. The number of hydrogen-bond donors (Lipinski definition) is 0. The molecule has 0 saturated carbocycles. The van der Waals surface area contributed by atoms with Gasteiger partial charge in [0.25, 0.3) is 0 Å². The molecule has 1 rings (SSSR count). The van der Waals surface area contributed by atoms with Gasteiger partial charge in [-0.05, 0) is 40.6 Å². The first-order chi connectivity index (χ1) is 6.63. The van der Waals surface area contributed by atoms with Crippen molar-refractivity contribution in [3.05, 3.63) is 39.6 Å². The first kappa shape index (κ1) is 11.5. The van der Waals surface area contributed by atoms with E-state index in [0.717, 1.165) is 10.0 Å². The lowest BCUT2D eigenvalue weighted by Crippen LogP contribution is -1.99. The van der Waals surface area contributed by atoms with E-state index >= 15 is 0 Å². The summed E-state index contributed by atoms with van der Waals surface area (Å²) in [6, 6.07) is 4.29. The van der Waals surface area contributed by atoms with Crippen LogP contribution in [0, 0.1) is 5.82 Å². The summed E-state index contributed by atoms with van der Waals surface area (Å²) in [4.78, 5) is 0. The molecule has 1 aromatic carbocycles. The second-order valence-corrected chi connectivity index (χ2v) is 3.89. The highest BCUT2D eigenvalue weighted by Crippen LogP contribution is 2.25. The average Bonchev–Trinajstić information content (AvgIpc) is 2.19. The molecule has 76 valence electrons. The largest absolute Gasteiger partial charge is 0.488 e. The molecule has 0 aliphatic rings. The van der Waals surface area contributed by atoms with E-state index in [-0.39, 0.29) is 5.82 Å². The van der Waals surface area contributed by atoms with Gasteiger partial charge in [0.2, 0.25) is 0 Å². The Kier molecular flexibility index (Phi) is 4.42. The van der Waals surface area contributed by atoms with Crippen molar-refractivity contribution >= 4 is 27.5 Å². The molecule has 1 aromatic rings. The quantitative estimate of drug-likeness (QED) is 0.809. The molecule has 1 nitrogen and oxygen atoms in total. The van der Waals surface area contributed by atoms with Gasteiger partial charge in [0, 0.05) is 11.6 Å². The first-order valence-electron chi connectivity index (χ1n) is 3.97. The molecule has 0 spiro atoms. The predicted octanol–water partition coefficient (Wildman–Crippen LogP) is 4.11. The number of rotatable bonds is 3. The van der Waals surface area contributed by atoms with Crippen molar-refractivity contribution in [2.45, 2.75) is 6.92 Å². The maximum absolute atomic E-state index is 12.8. The summed E-state index contributed by atoms with van der Waals surface area (Å²) in [7, 11) is 0. The Labute approximate surface area is 95.7 Å². The molecule has 0 fully saturated rings. The predicted molar refractivity (Wildman–Crippen MR) is 59.2 cm³/mol. The number of ether oxygens (including phenoxy) is 1. The Balaban J connectivity index is 2.71. The fourth-order valence-electron chi connectivity index (χ4n) is 0.811. The molecule has 0 bridgehead atoms. The molecular formula is C10H9BrClFO. The van der Waals surface area contributed by atoms with Crippen LogP contribution in [-0.2, 0) is 0 Å². The lowest BCUT2D eigenvalue weighted by Gasteiger charge is -2.07. The third kappa shape index (κ3) is 3.31. The summed E-state index contributed by atoms with van der Waals surface area (Å²) in [6.07, 6.45) is 0. The van der Waals surface area contributed by atoms with E-state index in [2.05, 4.69) is 15.9 Å². The standard InChI is InChI=1S/C10H9BrClFO/c1-7(5-12)6-14-10-4-8(13)2-3-9(10)11/h2-5H,6H2,1H3/b7-5-. The van der Waals surface area contributed by atoms with Crippen molar-refractivity contribution in [3.8, 4) is 5.75 Å². The van der Waals surface area contributed by atoms with Crippen LogP contribution in [0.1, 0.15) is 6.92 Å². The molecule has 0 atom stereocenters. The fraction of sp³-hybridized carbons (Fsp3) is 0.200. The molecule has 0 saturated heterocycles. The van der Waals surface area contributed by atoms with Crippen LogP contribution in [0.5, 0.6) is 5.75 Å². The van der Waals surface area contributed by atoms with Gasteiger partial charge < -0.3 is 4.74 Å². The lowest BCUT2D eigenvalue weighted by molar-refractivity contribution is 0.348. The number of hydrogen-bond acceptors (Lipinski definition) is 1. The van der Waals surface area contributed by atoms with Crippen molar-refractivity contribution in [3.63, 3.8) is 0 Å². The summed E-state index contributed by atoms with van der Waals surface area (Å²) in [5.74, 6) is 0.151. The van der Waals surface area contributed by atoms with Crippen LogP contribution in [0.15, 0.2) is 33.8 Å². The maximum Gasteiger partial charge on any atom is 0.136 e. The summed E-state index contributed by atoms with van der Waals surface area (Å²) < 4.78 is 18.9. The van der Waals surface area contributed by atoms with E-state index in [1.165, 1.54) is 17.7 Å². The highest BCUT2D eigenvalue weighted by atomic mass is 79.9. The van der Waals surface area contributed by atoms with E-state index in [4.69, 9.17) is 16.3 Å². The van der Waals surface area contributed by atoms with Gasteiger partial charge in [0.15, 0.2) is 0 Å². The molecule has 0 amide bonds. The van der Waals surface area contributed by atoms with Crippen molar-refractivity contribution in [1.82, 2.24) is 0 Å². The third-order valence-corrected chi connectivity index (χ3v) is 2.56. The van der Waals surface area contributed by atoms with E-state index in [1.54, 1.807) is 6.07 Å². The second kappa shape index (κ2) is 5.37. The minimum atomic E-state index is -0.323. The van der Waals surface area contributed by atoms with Crippen LogP contribution in [0.25, 0.3) is 0 Å². The van der Waals surface area contributed by atoms with Crippen LogP contribution >= 0.6 is 27.5 Å². The van der Waals surface area contributed by atoms with E-state index < -0.39 is 0 Å². The summed E-state index contributed by atoms with van der Waals surface area (Å²) >= 11 is 8.72. The Morgan fingerprint density at radius 3 is 3.00 bits per heavy atom. The normalized spacial score (nSPS) is 11.6. The van der Waals surface area contributed by atoms with Crippen LogP contribution < -0.4 is 4.74 Å². The fourth-order valence-corrected chi connectivity index (χ4v) is 1.23. The Morgan fingerprint density at radius 1 is 1.64 bits per heavy atom. The zero-order valence-electron chi connectivity index (χ0n) is 7.56. The van der Waals surface area contributed by atoms with Crippen LogP contribution in [0.2, 0.25) is 0 Å². The monoisotopic (exact) mass is 278 g/mol. The molecule has 0 heterocycles. The van der Waals surface area contributed by atoms with E-state index in [0.29, 0.717) is 12.4 Å². The highest BCUT2D eigenvalue weighted by molar-refractivity contribution is 9.10. The van der Waals surface area contributed by atoms with Crippen LogP contribution in [-0.4, -0.2) is 6.61 Å². The van der Waals surface area contributed by atoms with Gasteiger partial charge in [-0.15, -0.1) is 0 Å². The Morgan fingerprint density at radius 2 is 2.36 bits per heavy atom. The zero-order chi connectivity index (χ0) is 10.6. The van der Waals surface area contributed by atoms with Crippen LogP contribution in [0.4, 0.5) is 4.39 Å². The van der Waals surface area contributed by atoms with E-state index in [9.17, 15) is 4.39 Å². The minimum Gasteiger partial charge on any atom is -0.488 e. The van der Waals surface area contributed by atoms with Gasteiger partial charge in [-0.25, -0.2) is 4.39 Å². The molecule has 0 aromatic heterocycles. The number of benzene rings is 1. The average molecular weight is 280 g/mol. The SMILES string of the molecule is C/C(=C/Cl)COc1cc(F)ccc1Br. The van der Waals surface area contributed by atoms with Crippen molar-refractivity contribution in [2.75, 3.05) is 6.61 Å². The Bertz CT molecular complexity index is 352. The number of halogens is 3. The molecule has 4 heteroatoms. The zero-order valence-corrected chi connectivity index (χ0v) is 9.90. The van der Waals surface area contributed by atoms with Crippen molar-refractivity contribution < 1.29 is 9.13 Å². The highest BCUT2D eigenvalue weighted by Gasteiger charge is 2.02. The van der Waals surface area contributed by atoms with Crippen molar-refractivity contribution in [2.24, 2.45) is 0 Å². The topological polar surface area (TPSA) is 9.23 Å². The van der Waals surface area contributed by atoms with Crippen LogP contribution in [0.3, 0.4) is 0 Å². The van der Waals surface area contributed by atoms with Crippen molar-refractivity contribution in [1.29, 1.82) is 0 Å². The molecular weight excluding hydrogens is 270 g/mol. The Hall–Kier alpha value is -0.540. The molecule has 14 heavy (non-hydrogen) atoms. The summed E-state index contributed by atoms with van der Waals surface area (Å²) in [5.41, 5.74) is 2.32. The molecule has 0 aliphatic heterocycles. The molecule has 0 aliphatic carbocycles. The minimum absolute atomic E-state index is 0.323. The molecule has 0 unspecified atom stereocenters. The van der Waals surface area contributed by atoms with Gasteiger partial charge in [-0.1, -0.05) is 11.6 Å². The van der Waals surface area contributed by atoms with Gasteiger partial charge in [0.05, 0.1) is 4.47 Å². The smallest absolute Gasteiger partial charge is 0.136 e. The third-order valence-electron chi connectivity index (χ3n) is 1.53. The van der Waals surface area contributed by atoms with Gasteiger partial charge in [-0.3, -0.25) is 0 Å². The first-order valence-corrected chi connectivity index (χ1v) is 5.20. The molecule has 0 N–H and O–H groups in total. The van der Waals surface area contributed by atoms with Gasteiger partial charge >= 0.3 is 0 Å². The van der Waals surface area contributed by atoms with Gasteiger partial charge in [-0.2, -0.15) is 0 Å². The van der Waals surface area contributed by atoms with E-state index in [1.807, 2.05) is 6.92 Å². The second-order valence-electron chi connectivity index (χ2n) is 2.82. The lowest BCUT2D eigenvalue weighted by atomic mass is 10.3. The maximum atomic E-state index is 12.8.